The number of nitrogens with zero attached hydrogens (tertiary/aromatic N) is 1. The highest BCUT2D eigenvalue weighted by atomic mass is 35.5. The molecule has 1 unspecified atom stereocenters. The monoisotopic (exact) mass is 351 g/mol. The van der Waals surface area contributed by atoms with Gasteiger partial charge in [0.1, 0.15) is 9.75 Å². The number of carbonyl (C=O) groups is 1. The predicted octanol–water partition coefficient (Wildman–Crippen LogP) is 3.12. The molecule has 5 nitrogen and oxygen atoms in total. The molecule has 1 aliphatic rings. The summed E-state index contributed by atoms with van der Waals surface area (Å²) in [5, 5.41) is 9.61. The molecule has 0 aliphatic carbocycles. The standard InChI is InChI=1S/C13H18ClNO4S2/c1-3-5-13(12(16)17)6-4-7-15(13)21(18,19)10-8-9(2)11(14)20-10/h8H,3-7H2,1-2H3,(H,16,17). The number of sulfonamides is 1. The van der Waals surface area contributed by atoms with Crippen LogP contribution in [0.25, 0.3) is 0 Å². The van der Waals surface area contributed by atoms with E-state index in [1.54, 1.807) is 6.92 Å². The normalized spacial score (nSPS) is 23.6. The first-order valence-corrected chi connectivity index (χ1v) is 9.41. The first-order chi connectivity index (χ1) is 9.75. The molecule has 0 spiro atoms. The maximum absolute atomic E-state index is 12.8. The Balaban J connectivity index is 2.49. The van der Waals surface area contributed by atoms with Gasteiger partial charge in [0.25, 0.3) is 10.0 Å². The summed E-state index contributed by atoms with van der Waals surface area (Å²) < 4.78 is 27.3. The van der Waals surface area contributed by atoms with Crippen molar-refractivity contribution in [2.24, 2.45) is 0 Å². The van der Waals surface area contributed by atoms with Crippen molar-refractivity contribution in [3.05, 3.63) is 16.0 Å². The van der Waals surface area contributed by atoms with E-state index in [0.29, 0.717) is 35.6 Å². The average molecular weight is 352 g/mol. The van der Waals surface area contributed by atoms with Gasteiger partial charge in [-0.1, -0.05) is 24.9 Å². The SMILES string of the molecule is CCCC1(C(=O)O)CCCN1S(=O)(=O)c1cc(C)c(Cl)s1. The molecule has 1 saturated heterocycles. The molecule has 8 heteroatoms. The highest BCUT2D eigenvalue weighted by Gasteiger charge is 2.52. The van der Waals surface area contributed by atoms with E-state index < -0.39 is 21.5 Å². The van der Waals surface area contributed by atoms with E-state index in [1.807, 2.05) is 6.92 Å². The third-order valence-corrected chi connectivity index (χ3v) is 7.84. The smallest absolute Gasteiger partial charge is 0.325 e. The van der Waals surface area contributed by atoms with Gasteiger partial charge in [0.05, 0.1) is 4.34 Å². The average Bonchev–Trinajstić information content (AvgIpc) is 2.96. The number of carboxylic acid groups (broad SMARTS) is 1. The van der Waals surface area contributed by atoms with Gasteiger partial charge in [-0.15, -0.1) is 11.3 Å². The Kier molecular flexibility index (Phi) is 4.68. The molecule has 0 amide bonds. The quantitative estimate of drug-likeness (QED) is 0.884. The van der Waals surface area contributed by atoms with Crippen LogP contribution < -0.4 is 0 Å². The topological polar surface area (TPSA) is 74.7 Å². The summed E-state index contributed by atoms with van der Waals surface area (Å²) in [5.41, 5.74) is -0.631. The molecular formula is C13H18ClNO4S2. The Morgan fingerprint density at radius 2 is 2.24 bits per heavy atom. The number of rotatable bonds is 5. The molecule has 1 aromatic rings. The lowest BCUT2D eigenvalue weighted by molar-refractivity contribution is -0.147. The Labute approximate surface area is 133 Å². The van der Waals surface area contributed by atoms with Gasteiger partial charge in [-0.05, 0) is 37.8 Å². The zero-order valence-electron chi connectivity index (χ0n) is 11.9. The second-order valence-corrected chi connectivity index (χ2v) is 9.03. The van der Waals surface area contributed by atoms with Gasteiger partial charge in [-0.3, -0.25) is 4.79 Å². The predicted molar refractivity (Wildman–Crippen MR) is 82.5 cm³/mol. The van der Waals surface area contributed by atoms with Crippen molar-refractivity contribution >= 4 is 38.9 Å². The molecule has 0 saturated carbocycles. The minimum atomic E-state index is -3.83. The van der Waals surface area contributed by atoms with E-state index in [-0.39, 0.29) is 10.8 Å². The van der Waals surface area contributed by atoms with Crippen molar-refractivity contribution in [2.45, 2.75) is 49.3 Å². The third-order valence-electron chi connectivity index (χ3n) is 3.87. The molecule has 1 aliphatic heterocycles. The molecule has 0 bridgehead atoms. The number of hydrogen-bond acceptors (Lipinski definition) is 4. The highest BCUT2D eigenvalue weighted by Crippen LogP contribution is 2.41. The second kappa shape index (κ2) is 5.87. The van der Waals surface area contributed by atoms with Crippen LogP contribution in [0.15, 0.2) is 10.3 Å². The molecule has 1 aromatic heterocycles. The summed E-state index contributed by atoms with van der Waals surface area (Å²) in [4.78, 5) is 11.7. The van der Waals surface area contributed by atoms with Gasteiger partial charge in [0.15, 0.2) is 0 Å². The maximum Gasteiger partial charge on any atom is 0.325 e. The summed E-state index contributed by atoms with van der Waals surface area (Å²) in [5.74, 6) is -1.07. The van der Waals surface area contributed by atoms with Gasteiger partial charge in [0.2, 0.25) is 0 Å². The largest absolute Gasteiger partial charge is 0.480 e. The third kappa shape index (κ3) is 2.72. The zero-order valence-corrected chi connectivity index (χ0v) is 14.3. The van der Waals surface area contributed by atoms with E-state index in [2.05, 4.69) is 0 Å². The van der Waals surface area contributed by atoms with Crippen LogP contribution >= 0.6 is 22.9 Å². The van der Waals surface area contributed by atoms with Crippen LogP contribution in [-0.2, 0) is 14.8 Å². The fraction of sp³-hybridized carbons (Fsp3) is 0.615. The lowest BCUT2D eigenvalue weighted by Crippen LogP contribution is -2.52. The van der Waals surface area contributed by atoms with Crippen LogP contribution in [0.4, 0.5) is 0 Å². The lowest BCUT2D eigenvalue weighted by Gasteiger charge is -2.33. The first-order valence-electron chi connectivity index (χ1n) is 6.78. The molecule has 21 heavy (non-hydrogen) atoms. The second-order valence-electron chi connectivity index (χ2n) is 5.29. The molecule has 118 valence electrons. The molecule has 2 rings (SSSR count). The Bertz CT molecular complexity index is 636. The first kappa shape index (κ1) is 16.7. The number of carboxylic acids is 1. The van der Waals surface area contributed by atoms with Crippen LogP contribution in [0.1, 0.15) is 38.2 Å². The number of aliphatic carboxylic acids is 1. The van der Waals surface area contributed by atoms with Crippen LogP contribution in [0.2, 0.25) is 4.34 Å². The summed E-state index contributed by atoms with van der Waals surface area (Å²) >= 11 is 6.94. The van der Waals surface area contributed by atoms with E-state index in [9.17, 15) is 18.3 Å². The van der Waals surface area contributed by atoms with Gasteiger partial charge in [-0.25, -0.2) is 8.42 Å². The van der Waals surface area contributed by atoms with Gasteiger partial charge < -0.3 is 5.11 Å². The van der Waals surface area contributed by atoms with Crippen molar-refractivity contribution in [1.29, 1.82) is 0 Å². The highest BCUT2D eigenvalue weighted by molar-refractivity contribution is 7.91. The van der Waals surface area contributed by atoms with Crippen LogP contribution in [0.5, 0.6) is 0 Å². The van der Waals surface area contributed by atoms with Gasteiger partial charge in [0, 0.05) is 6.54 Å². The van der Waals surface area contributed by atoms with Crippen molar-refractivity contribution in [3.63, 3.8) is 0 Å². The fourth-order valence-electron chi connectivity index (χ4n) is 2.86. The summed E-state index contributed by atoms with van der Waals surface area (Å²) in [6.07, 6.45) is 1.85. The van der Waals surface area contributed by atoms with Crippen molar-refractivity contribution in [2.75, 3.05) is 6.54 Å². The zero-order chi connectivity index (χ0) is 15.8. The molecule has 1 fully saturated rings. The Morgan fingerprint density at radius 3 is 2.71 bits per heavy atom. The Morgan fingerprint density at radius 1 is 1.57 bits per heavy atom. The molecule has 0 radical (unpaired) electrons. The van der Waals surface area contributed by atoms with Crippen LogP contribution in [0, 0.1) is 6.92 Å². The fourth-order valence-corrected chi connectivity index (χ4v) is 6.50. The number of thiophene rings is 1. The lowest BCUT2D eigenvalue weighted by atomic mass is 9.92. The minimum Gasteiger partial charge on any atom is -0.480 e. The van der Waals surface area contributed by atoms with Crippen LogP contribution in [0.3, 0.4) is 0 Å². The summed E-state index contributed by atoms with van der Waals surface area (Å²) in [6.45, 7) is 3.83. The number of halogens is 1. The number of aryl methyl sites for hydroxylation is 1. The number of hydrogen-bond donors (Lipinski definition) is 1. The van der Waals surface area contributed by atoms with Crippen molar-refractivity contribution < 1.29 is 18.3 Å². The van der Waals surface area contributed by atoms with Gasteiger partial charge >= 0.3 is 5.97 Å². The van der Waals surface area contributed by atoms with Gasteiger partial charge in [-0.2, -0.15) is 4.31 Å². The molecule has 1 N–H and O–H groups in total. The van der Waals surface area contributed by atoms with E-state index in [0.717, 1.165) is 15.6 Å². The van der Waals surface area contributed by atoms with E-state index >= 15 is 0 Å². The maximum atomic E-state index is 12.8. The molecule has 2 heterocycles. The molecular weight excluding hydrogens is 334 g/mol. The summed E-state index contributed by atoms with van der Waals surface area (Å²) in [7, 11) is -3.83. The van der Waals surface area contributed by atoms with E-state index in [4.69, 9.17) is 11.6 Å². The molecule has 0 aromatic carbocycles. The van der Waals surface area contributed by atoms with Crippen LogP contribution in [-0.4, -0.2) is 35.9 Å². The van der Waals surface area contributed by atoms with E-state index in [1.165, 1.54) is 6.07 Å². The minimum absolute atomic E-state index is 0.119. The molecule has 1 atom stereocenters. The Hall–Kier alpha value is -0.630. The summed E-state index contributed by atoms with van der Waals surface area (Å²) in [6, 6.07) is 1.51. The van der Waals surface area contributed by atoms with Crippen molar-refractivity contribution in [1.82, 2.24) is 4.31 Å². The van der Waals surface area contributed by atoms with Crippen molar-refractivity contribution in [3.8, 4) is 0 Å².